The minimum absolute atomic E-state index is 0.132. The summed E-state index contributed by atoms with van der Waals surface area (Å²) in [4.78, 5) is 23.0. The minimum Gasteiger partial charge on any atom is -0.404 e. The third-order valence-electron chi connectivity index (χ3n) is 2.87. The molecule has 3 N–H and O–H groups in total. The first-order valence-electron chi connectivity index (χ1n) is 5.96. The van der Waals surface area contributed by atoms with E-state index in [1.54, 1.807) is 12.3 Å². The smallest absolute Gasteiger partial charge is 0.404 e. The maximum Gasteiger partial charge on any atom is 0.524 e. The predicted octanol–water partition coefficient (Wildman–Crippen LogP) is 2.40. The number of fused-ring (bicyclic) bond motifs is 1. The molecule has 1 heterocycles. The lowest BCUT2D eigenvalue weighted by atomic mass is 10.1. The number of H-pyrrole nitrogens is 1. The Morgan fingerprint density at radius 2 is 2.10 bits per heavy atom. The Kier molecular flexibility index (Phi) is 4.42. The second kappa shape index (κ2) is 5.76. The van der Waals surface area contributed by atoms with Gasteiger partial charge >= 0.3 is 7.82 Å². The number of benzene rings is 1. The van der Waals surface area contributed by atoms with Gasteiger partial charge in [-0.2, -0.15) is 0 Å². The number of likely N-dealkylation sites (N-methyl/N-ethyl adjacent to an activating group) is 1. The molecular weight excluding hydrogens is 303 g/mol. The van der Waals surface area contributed by atoms with E-state index >= 15 is 0 Å². The van der Waals surface area contributed by atoms with Crippen molar-refractivity contribution in [1.82, 2.24) is 9.88 Å². The first kappa shape index (κ1) is 15.4. The maximum atomic E-state index is 11.0. The van der Waals surface area contributed by atoms with E-state index in [0.717, 1.165) is 12.1 Å². The predicted molar refractivity (Wildman–Crippen MR) is 78.2 cm³/mol. The van der Waals surface area contributed by atoms with Crippen LogP contribution in [0.3, 0.4) is 0 Å². The molecule has 2 aromatic rings. The van der Waals surface area contributed by atoms with Crippen LogP contribution in [0, 0.1) is 0 Å². The number of nitrogens with zero attached hydrogens (tertiary/aromatic N) is 1. The highest BCUT2D eigenvalue weighted by molar-refractivity contribution is 7.46. The summed E-state index contributed by atoms with van der Waals surface area (Å²) in [6.07, 6.45) is 2.50. The van der Waals surface area contributed by atoms with Gasteiger partial charge in [-0.3, -0.25) is 9.79 Å². The van der Waals surface area contributed by atoms with Crippen molar-refractivity contribution in [2.75, 3.05) is 20.6 Å². The summed E-state index contributed by atoms with van der Waals surface area (Å²) >= 11 is 6.09. The Balaban J connectivity index is 2.49. The summed E-state index contributed by atoms with van der Waals surface area (Å²) in [5.74, 6) is 0.132. The van der Waals surface area contributed by atoms with Crippen molar-refractivity contribution >= 4 is 30.3 Å². The first-order valence-corrected chi connectivity index (χ1v) is 7.87. The van der Waals surface area contributed by atoms with Gasteiger partial charge in [0, 0.05) is 18.1 Å². The third-order valence-corrected chi connectivity index (χ3v) is 3.62. The molecular formula is C12H16ClN2O4P. The molecule has 1 aromatic carbocycles. The summed E-state index contributed by atoms with van der Waals surface area (Å²) in [5.41, 5.74) is 1.52. The molecule has 0 atom stereocenters. The Labute approximate surface area is 121 Å². The van der Waals surface area contributed by atoms with E-state index in [1.807, 2.05) is 19.0 Å². The van der Waals surface area contributed by atoms with E-state index in [2.05, 4.69) is 4.98 Å². The lowest BCUT2D eigenvalue weighted by Crippen LogP contribution is -2.14. The molecule has 1 aromatic heterocycles. The number of hydrogen-bond donors (Lipinski definition) is 3. The van der Waals surface area contributed by atoms with Crippen LogP contribution in [0.25, 0.3) is 10.9 Å². The van der Waals surface area contributed by atoms with Crippen LogP contribution in [-0.2, 0) is 11.0 Å². The van der Waals surface area contributed by atoms with Crippen LogP contribution in [-0.4, -0.2) is 40.3 Å². The minimum atomic E-state index is -4.61. The number of hydrogen-bond acceptors (Lipinski definition) is 3. The number of phosphoric ester groups is 1. The van der Waals surface area contributed by atoms with Crippen molar-refractivity contribution in [2.45, 2.75) is 6.42 Å². The third kappa shape index (κ3) is 3.53. The lowest BCUT2D eigenvalue weighted by Gasteiger charge is -2.11. The van der Waals surface area contributed by atoms with Crippen molar-refractivity contribution < 1.29 is 18.9 Å². The number of rotatable bonds is 5. The average molecular weight is 319 g/mol. The van der Waals surface area contributed by atoms with Gasteiger partial charge in [-0.1, -0.05) is 11.6 Å². The van der Waals surface area contributed by atoms with E-state index in [9.17, 15) is 4.57 Å². The Morgan fingerprint density at radius 1 is 1.40 bits per heavy atom. The summed E-state index contributed by atoms with van der Waals surface area (Å²) in [6, 6.07) is 3.01. The number of nitrogens with one attached hydrogen (secondary N) is 1. The highest BCUT2D eigenvalue weighted by Gasteiger charge is 2.20. The van der Waals surface area contributed by atoms with Gasteiger partial charge in [0.1, 0.15) is 5.75 Å². The molecule has 20 heavy (non-hydrogen) atoms. The molecule has 0 fully saturated rings. The molecule has 0 unspecified atom stereocenters. The zero-order valence-electron chi connectivity index (χ0n) is 11.1. The van der Waals surface area contributed by atoms with Crippen LogP contribution in [0.15, 0.2) is 18.3 Å². The van der Waals surface area contributed by atoms with Crippen LogP contribution < -0.4 is 4.52 Å². The monoisotopic (exact) mass is 318 g/mol. The van der Waals surface area contributed by atoms with Crippen molar-refractivity contribution in [3.05, 3.63) is 28.9 Å². The summed E-state index contributed by atoms with van der Waals surface area (Å²) in [7, 11) is -0.701. The Hall–Kier alpha value is -1.04. The molecule has 110 valence electrons. The van der Waals surface area contributed by atoms with Gasteiger partial charge in [0.2, 0.25) is 0 Å². The van der Waals surface area contributed by atoms with Crippen LogP contribution in [0.2, 0.25) is 5.02 Å². The quantitative estimate of drug-likeness (QED) is 0.737. The standard InChI is InChI=1S/C12H16ClN2O4P/c1-15(2)6-5-8-7-14-12-9(13)3-4-10(11(8)12)19-20(16,17)18/h3-4,7,14H,5-6H2,1-2H3,(H2,16,17,18). The summed E-state index contributed by atoms with van der Waals surface area (Å²) in [6.45, 7) is 0.800. The molecule has 0 bridgehead atoms. The summed E-state index contributed by atoms with van der Waals surface area (Å²) < 4.78 is 15.8. The zero-order valence-corrected chi connectivity index (χ0v) is 12.8. The van der Waals surface area contributed by atoms with E-state index in [4.69, 9.17) is 25.9 Å². The first-order chi connectivity index (χ1) is 9.28. The molecule has 0 aliphatic heterocycles. The van der Waals surface area contributed by atoms with Crippen LogP contribution in [0.1, 0.15) is 5.56 Å². The molecule has 8 heteroatoms. The number of aromatic nitrogens is 1. The van der Waals surface area contributed by atoms with E-state index in [1.165, 1.54) is 6.07 Å². The maximum absolute atomic E-state index is 11.0. The fraction of sp³-hybridized carbons (Fsp3) is 0.333. The molecule has 0 aliphatic rings. The van der Waals surface area contributed by atoms with Gasteiger partial charge in [-0.05, 0) is 38.2 Å². The largest absolute Gasteiger partial charge is 0.524 e. The normalized spacial score (nSPS) is 12.3. The van der Waals surface area contributed by atoms with Gasteiger partial charge in [-0.15, -0.1) is 0 Å². The zero-order chi connectivity index (χ0) is 14.9. The number of halogens is 1. The highest BCUT2D eigenvalue weighted by atomic mass is 35.5. The SMILES string of the molecule is CN(C)CCc1c[nH]c2c(Cl)ccc(OP(=O)(O)O)c12. The Bertz CT molecular complexity index is 665. The number of phosphoric acid groups is 1. The Morgan fingerprint density at radius 3 is 2.70 bits per heavy atom. The van der Waals surface area contributed by atoms with E-state index < -0.39 is 7.82 Å². The summed E-state index contributed by atoms with van der Waals surface area (Å²) in [5, 5.41) is 1.09. The molecule has 0 spiro atoms. The molecule has 0 amide bonds. The van der Waals surface area contributed by atoms with Crippen molar-refractivity contribution in [2.24, 2.45) is 0 Å². The molecule has 0 saturated heterocycles. The van der Waals surface area contributed by atoms with Crippen molar-refractivity contribution in [3.8, 4) is 5.75 Å². The van der Waals surface area contributed by atoms with Crippen LogP contribution in [0.5, 0.6) is 5.75 Å². The molecule has 2 rings (SSSR count). The lowest BCUT2D eigenvalue weighted by molar-refractivity contribution is 0.284. The highest BCUT2D eigenvalue weighted by Crippen LogP contribution is 2.43. The number of aromatic amines is 1. The fourth-order valence-corrected chi connectivity index (χ4v) is 2.62. The average Bonchev–Trinajstić information content (AvgIpc) is 2.73. The molecule has 0 aliphatic carbocycles. The van der Waals surface area contributed by atoms with E-state index in [-0.39, 0.29) is 5.75 Å². The second-order valence-electron chi connectivity index (χ2n) is 4.74. The van der Waals surface area contributed by atoms with Gasteiger partial charge in [0.05, 0.1) is 10.5 Å². The van der Waals surface area contributed by atoms with Gasteiger partial charge in [0.25, 0.3) is 0 Å². The molecule has 0 radical (unpaired) electrons. The molecule has 6 nitrogen and oxygen atoms in total. The van der Waals surface area contributed by atoms with Crippen molar-refractivity contribution in [1.29, 1.82) is 0 Å². The van der Waals surface area contributed by atoms with Crippen molar-refractivity contribution in [3.63, 3.8) is 0 Å². The van der Waals surface area contributed by atoms with Crippen LogP contribution >= 0.6 is 19.4 Å². The van der Waals surface area contributed by atoms with E-state index in [0.29, 0.717) is 22.3 Å². The van der Waals surface area contributed by atoms with Gasteiger partial charge in [0.15, 0.2) is 0 Å². The fourth-order valence-electron chi connectivity index (χ4n) is 1.99. The topological polar surface area (TPSA) is 85.8 Å². The van der Waals surface area contributed by atoms with Gasteiger partial charge in [-0.25, -0.2) is 4.57 Å². The molecule has 0 saturated carbocycles. The second-order valence-corrected chi connectivity index (χ2v) is 6.32. The van der Waals surface area contributed by atoms with Crippen LogP contribution in [0.4, 0.5) is 0 Å². The van der Waals surface area contributed by atoms with Gasteiger partial charge < -0.3 is 14.4 Å².